The highest BCUT2D eigenvalue weighted by atomic mass is 32.1. The molecule has 0 spiro atoms. The van der Waals surface area contributed by atoms with Gasteiger partial charge in [0, 0.05) is 25.5 Å². The number of carbonyl (C=O) groups excluding carboxylic acids is 1. The summed E-state index contributed by atoms with van der Waals surface area (Å²) in [6, 6.07) is 8.75. The minimum atomic E-state index is -0.432. The van der Waals surface area contributed by atoms with Gasteiger partial charge in [-0.25, -0.2) is 4.98 Å². The van der Waals surface area contributed by atoms with Crippen LogP contribution in [-0.4, -0.2) is 29.7 Å². The van der Waals surface area contributed by atoms with Crippen LogP contribution in [0.4, 0.5) is 0 Å². The third-order valence-electron chi connectivity index (χ3n) is 3.84. The Labute approximate surface area is 150 Å². The Balaban J connectivity index is 2.02. The first-order valence-electron chi connectivity index (χ1n) is 7.67. The fraction of sp³-hybridized carbons (Fsp3) is 0.222. The van der Waals surface area contributed by atoms with E-state index in [9.17, 15) is 4.79 Å². The van der Waals surface area contributed by atoms with Crippen molar-refractivity contribution in [2.45, 2.75) is 6.04 Å². The highest BCUT2D eigenvalue weighted by Gasteiger charge is 2.23. The van der Waals surface area contributed by atoms with Gasteiger partial charge in [0.2, 0.25) is 0 Å². The normalized spacial score (nSPS) is 11.8. The number of carbonyl (C=O) groups is 1. The van der Waals surface area contributed by atoms with Crippen LogP contribution in [0.3, 0.4) is 0 Å². The van der Waals surface area contributed by atoms with Crippen LogP contribution in [0.5, 0.6) is 11.5 Å². The molecule has 2 aromatic heterocycles. The number of thiophene rings is 1. The Morgan fingerprint density at radius 3 is 2.48 bits per heavy atom. The van der Waals surface area contributed by atoms with Crippen molar-refractivity contribution in [1.29, 1.82) is 0 Å². The first-order chi connectivity index (χ1) is 12.1. The molecule has 6 nitrogen and oxygen atoms in total. The number of aromatic nitrogens is 2. The van der Waals surface area contributed by atoms with Gasteiger partial charge in [0.15, 0.2) is 0 Å². The van der Waals surface area contributed by atoms with Gasteiger partial charge in [-0.15, -0.1) is 11.3 Å². The Morgan fingerprint density at radius 1 is 1.24 bits per heavy atom. The maximum Gasteiger partial charge on any atom is 0.262 e. The molecule has 0 fully saturated rings. The topological polar surface area (TPSA) is 65.4 Å². The van der Waals surface area contributed by atoms with E-state index in [4.69, 9.17) is 9.47 Å². The Bertz CT molecular complexity index is 836. The van der Waals surface area contributed by atoms with E-state index < -0.39 is 6.04 Å². The molecule has 130 valence electrons. The smallest absolute Gasteiger partial charge is 0.262 e. The molecule has 0 unspecified atom stereocenters. The summed E-state index contributed by atoms with van der Waals surface area (Å²) in [4.78, 5) is 17.7. The summed E-state index contributed by atoms with van der Waals surface area (Å²) in [5, 5.41) is 4.93. The molecule has 0 saturated carbocycles. The molecule has 2 heterocycles. The fourth-order valence-corrected chi connectivity index (χ4v) is 3.19. The van der Waals surface area contributed by atoms with Crippen molar-refractivity contribution in [1.82, 2.24) is 14.9 Å². The zero-order chi connectivity index (χ0) is 17.8. The molecule has 3 aromatic rings. The van der Waals surface area contributed by atoms with Gasteiger partial charge >= 0.3 is 0 Å². The van der Waals surface area contributed by atoms with Gasteiger partial charge in [-0.3, -0.25) is 4.79 Å². The second kappa shape index (κ2) is 7.40. The average molecular weight is 357 g/mol. The SMILES string of the molecule is COc1cc(OC)cc([C@H](NC(=O)c2cccs2)c2nccn2C)c1. The lowest BCUT2D eigenvalue weighted by molar-refractivity contribution is 0.0945. The second-order valence-corrected chi connectivity index (χ2v) is 6.37. The predicted molar refractivity (Wildman–Crippen MR) is 96.4 cm³/mol. The van der Waals surface area contributed by atoms with Crippen molar-refractivity contribution in [3.05, 3.63) is 64.4 Å². The number of ether oxygens (including phenoxy) is 2. The highest BCUT2D eigenvalue weighted by molar-refractivity contribution is 7.12. The molecule has 0 bridgehead atoms. The molecular weight excluding hydrogens is 338 g/mol. The maximum absolute atomic E-state index is 12.6. The zero-order valence-corrected chi connectivity index (χ0v) is 15.0. The second-order valence-electron chi connectivity index (χ2n) is 5.43. The van der Waals surface area contributed by atoms with Crippen LogP contribution in [0.15, 0.2) is 48.1 Å². The molecule has 0 aliphatic rings. The minimum absolute atomic E-state index is 0.148. The van der Waals surface area contributed by atoms with Crippen LogP contribution < -0.4 is 14.8 Å². The van der Waals surface area contributed by atoms with E-state index in [1.165, 1.54) is 11.3 Å². The summed E-state index contributed by atoms with van der Waals surface area (Å²) < 4.78 is 12.6. The summed E-state index contributed by atoms with van der Waals surface area (Å²) in [5.74, 6) is 1.88. The maximum atomic E-state index is 12.6. The van der Waals surface area contributed by atoms with Gasteiger partial charge < -0.3 is 19.4 Å². The molecule has 1 aromatic carbocycles. The number of benzene rings is 1. The summed E-state index contributed by atoms with van der Waals surface area (Å²) in [7, 11) is 5.08. The van der Waals surface area contributed by atoms with Crippen molar-refractivity contribution in [2.24, 2.45) is 7.05 Å². The lowest BCUT2D eigenvalue weighted by atomic mass is 10.0. The minimum Gasteiger partial charge on any atom is -0.497 e. The van der Waals surface area contributed by atoms with Crippen molar-refractivity contribution in [3.8, 4) is 11.5 Å². The zero-order valence-electron chi connectivity index (χ0n) is 14.2. The third kappa shape index (κ3) is 3.66. The molecule has 7 heteroatoms. The number of amides is 1. The number of methoxy groups -OCH3 is 2. The Hall–Kier alpha value is -2.80. The number of hydrogen-bond donors (Lipinski definition) is 1. The molecule has 1 N–H and O–H groups in total. The van der Waals surface area contributed by atoms with Crippen LogP contribution in [0, 0.1) is 0 Å². The van der Waals surface area contributed by atoms with Gasteiger partial charge in [-0.05, 0) is 29.1 Å². The van der Waals surface area contributed by atoms with Crippen molar-refractivity contribution in [2.75, 3.05) is 14.2 Å². The van der Waals surface area contributed by atoms with Crippen LogP contribution >= 0.6 is 11.3 Å². The van der Waals surface area contributed by atoms with Crippen LogP contribution in [0.25, 0.3) is 0 Å². The standard InChI is InChI=1S/C18H19N3O3S/c1-21-7-6-19-17(21)16(20-18(22)15-5-4-8-25-15)12-9-13(23-2)11-14(10-12)24-3/h4-11,16H,1-3H3,(H,20,22)/t16-/m0/s1. The molecule has 0 aliphatic heterocycles. The lowest BCUT2D eigenvalue weighted by Crippen LogP contribution is -2.30. The van der Waals surface area contributed by atoms with Gasteiger partial charge in [0.05, 0.1) is 19.1 Å². The average Bonchev–Trinajstić information content (AvgIpc) is 3.31. The van der Waals surface area contributed by atoms with Gasteiger partial charge in [0.25, 0.3) is 5.91 Å². The largest absolute Gasteiger partial charge is 0.497 e. The summed E-state index contributed by atoms with van der Waals surface area (Å²) in [6.45, 7) is 0. The van der Waals surface area contributed by atoms with Gasteiger partial charge in [-0.1, -0.05) is 6.07 Å². The third-order valence-corrected chi connectivity index (χ3v) is 4.71. The summed E-state index contributed by atoms with van der Waals surface area (Å²) >= 11 is 1.40. The fourth-order valence-electron chi connectivity index (χ4n) is 2.56. The van der Waals surface area contributed by atoms with Gasteiger partial charge in [-0.2, -0.15) is 0 Å². The number of hydrogen-bond acceptors (Lipinski definition) is 5. The Kier molecular flexibility index (Phi) is 5.04. The van der Waals surface area contributed by atoms with Gasteiger partial charge in [0.1, 0.15) is 23.4 Å². The summed E-state index contributed by atoms with van der Waals surface area (Å²) in [6.07, 6.45) is 3.55. The van der Waals surface area contributed by atoms with E-state index >= 15 is 0 Å². The predicted octanol–water partition coefficient (Wildman–Crippen LogP) is 3.02. The van der Waals surface area contributed by atoms with Crippen LogP contribution in [-0.2, 0) is 7.05 Å². The van der Waals surface area contributed by atoms with E-state index in [1.807, 2.05) is 41.4 Å². The van der Waals surface area contributed by atoms with E-state index in [0.29, 0.717) is 16.4 Å². The molecule has 1 atom stereocenters. The first kappa shape index (κ1) is 17.0. The molecular formula is C18H19N3O3S. The van der Waals surface area contributed by atoms with Crippen LogP contribution in [0.2, 0.25) is 0 Å². The molecule has 0 aliphatic carbocycles. The van der Waals surface area contributed by atoms with Crippen molar-refractivity contribution in [3.63, 3.8) is 0 Å². The van der Waals surface area contributed by atoms with Crippen molar-refractivity contribution >= 4 is 17.2 Å². The van der Waals surface area contributed by atoms with E-state index in [1.54, 1.807) is 32.5 Å². The van der Waals surface area contributed by atoms with Crippen molar-refractivity contribution < 1.29 is 14.3 Å². The quantitative estimate of drug-likeness (QED) is 0.736. The van der Waals surface area contributed by atoms with Crippen LogP contribution in [0.1, 0.15) is 27.1 Å². The lowest BCUT2D eigenvalue weighted by Gasteiger charge is -2.20. The molecule has 25 heavy (non-hydrogen) atoms. The van der Waals surface area contributed by atoms with E-state index in [0.717, 1.165) is 11.4 Å². The van der Waals surface area contributed by atoms with E-state index in [2.05, 4.69) is 10.3 Å². The number of rotatable bonds is 6. The highest BCUT2D eigenvalue weighted by Crippen LogP contribution is 2.29. The number of nitrogens with zero attached hydrogens (tertiary/aromatic N) is 2. The molecule has 0 saturated heterocycles. The number of imidazole rings is 1. The molecule has 3 rings (SSSR count). The first-order valence-corrected chi connectivity index (χ1v) is 8.55. The number of aryl methyl sites for hydroxylation is 1. The molecule has 1 amide bonds. The molecule has 0 radical (unpaired) electrons. The monoisotopic (exact) mass is 357 g/mol. The Morgan fingerprint density at radius 2 is 1.96 bits per heavy atom. The number of nitrogens with one attached hydrogen (secondary N) is 1. The summed E-state index contributed by atoms with van der Waals surface area (Å²) in [5.41, 5.74) is 0.829. The van der Waals surface area contributed by atoms with E-state index in [-0.39, 0.29) is 5.91 Å².